The Morgan fingerprint density at radius 3 is 2.11 bits per heavy atom. The third-order valence-electron chi connectivity index (χ3n) is 3.13. The zero-order valence-corrected chi connectivity index (χ0v) is 13.2. The van der Waals surface area contributed by atoms with Crippen molar-refractivity contribution in [1.82, 2.24) is 0 Å². The second-order valence-electron chi connectivity index (χ2n) is 4.85. The van der Waals surface area contributed by atoms with Gasteiger partial charge < -0.3 is 0 Å². The van der Waals surface area contributed by atoms with Crippen molar-refractivity contribution < 1.29 is 4.39 Å². The maximum atomic E-state index is 13.9. The number of benzene rings is 2. The first-order valence-electron chi connectivity index (χ1n) is 6.18. The van der Waals surface area contributed by atoms with Crippen LogP contribution in [0, 0.1) is 5.82 Å². The van der Waals surface area contributed by atoms with E-state index >= 15 is 0 Å². The second kappa shape index (κ2) is 6.06. The van der Waals surface area contributed by atoms with Crippen LogP contribution in [0.15, 0.2) is 42.5 Å². The van der Waals surface area contributed by atoms with Crippen molar-refractivity contribution >= 4 is 27.5 Å². The van der Waals surface area contributed by atoms with Crippen molar-refractivity contribution in [2.75, 3.05) is 0 Å². The molecule has 0 nitrogen and oxygen atoms in total. The highest BCUT2D eigenvalue weighted by molar-refractivity contribution is 9.09. The van der Waals surface area contributed by atoms with E-state index in [4.69, 9.17) is 11.6 Å². The second-order valence-corrected chi connectivity index (χ2v) is 6.20. The Hall–Kier alpha value is -0.860. The van der Waals surface area contributed by atoms with Gasteiger partial charge in [0.1, 0.15) is 5.82 Å². The molecule has 0 saturated carbocycles. The molecule has 0 bridgehead atoms. The Labute approximate surface area is 126 Å². The fourth-order valence-corrected chi connectivity index (χ4v) is 2.77. The Morgan fingerprint density at radius 1 is 1.00 bits per heavy atom. The highest BCUT2D eigenvalue weighted by Gasteiger charge is 2.15. The van der Waals surface area contributed by atoms with Crippen LogP contribution in [0.25, 0.3) is 0 Å². The van der Waals surface area contributed by atoms with Gasteiger partial charge in [0.05, 0.1) is 4.83 Å². The largest absolute Gasteiger partial charge is 0.207 e. The molecular weight excluding hydrogens is 327 g/mol. The summed E-state index contributed by atoms with van der Waals surface area (Å²) >= 11 is 9.32. The van der Waals surface area contributed by atoms with Crippen LogP contribution < -0.4 is 0 Å². The fourth-order valence-electron chi connectivity index (χ4n) is 1.94. The summed E-state index contributed by atoms with van der Waals surface area (Å²) < 4.78 is 13.9. The van der Waals surface area contributed by atoms with Gasteiger partial charge in [-0.15, -0.1) is 0 Å². The molecule has 2 aromatic carbocycles. The monoisotopic (exact) mass is 340 g/mol. The average molecular weight is 342 g/mol. The third-order valence-corrected chi connectivity index (χ3v) is 4.39. The lowest BCUT2D eigenvalue weighted by atomic mass is 9.98. The molecule has 2 rings (SSSR count). The van der Waals surface area contributed by atoms with Crippen molar-refractivity contribution in [1.29, 1.82) is 0 Å². The molecule has 1 atom stereocenters. The van der Waals surface area contributed by atoms with Gasteiger partial charge >= 0.3 is 0 Å². The van der Waals surface area contributed by atoms with Crippen molar-refractivity contribution in [2.45, 2.75) is 24.6 Å². The van der Waals surface area contributed by atoms with Gasteiger partial charge in [0.25, 0.3) is 0 Å². The van der Waals surface area contributed by atoms with Gasteiger partial charge in [0, 0.05) is 10.6 Å². The first-order chi connectivity index (χ1) is 8.99. The first kappa shape index (κ1) is 14.5. The normalized spacial score (nSPS) is 12.7. The van der Waals surface area contributed by atoms with E-state index in [-0.39, 0.29) is 10.6 Å². The van der Waals surface area contributed by atoms with Crippen LogP contribution in [-0.4, -0.2) is 0 Å². The summed E-state index contributed by atoms with van der Waals surface area (Å²) in [6.45, 7) is 4.30. The lowest BCUT2D eigenvalue weighted by molar-refractivity contribution is 0.613. The number of hydrogen-bond donors (Lipinski definition) is 0. The highest BCUT2D eigenvalue weighted by Crippen LogP contribution is 2.33. The van der Waals surface area contributed by atoms with Crippen molar-refractivity contribution in [2.24, 2.45) is 0 Å². The Balaban J connectivity index is 2.30. The molecule has 0 heterocycles. The van der Waals surface area contributed by atoms with Gasteiger partial charge in [0.2, 0.25) is 0 Å². The van der Waals surface area contributed by atoms with Gasteiger partial charge in [-0.1, -0.05) is 71.7 Å². The zero-order valence-electron chi connectivity index (χ0n) is 10.8. The van der Waals surface area contributed by atoms with Crippen LogP contribution in [0.3, 0.4) is 0 Å². The van der Waals surface area contributed by atoms with E-state index in [1.807, 2.05) is 12.1 Å². The highest BCUT2D eigenvalue weighted by atomic mass is 79.9. The van der Waals surface area contributed by atoms with E-state index in [1.165, 1.54) is 11.6 Å². The van der Waals surface area contributed by atoms with Crippen LogP contribution in [-0.2, 0) is 0 Å². The molecule has 0 saturated heterocycles. The van der Waals surface area contributed by atoms with E-state index in [0.29, 0.717) is 16.5 Å². The minimum Gasteiger partial charge on any atom is -0.207 e. The van der Waals surface area contributed by atoms with Gasteiger partial charge in [-0.2, -0.15) is 0 Å². The molecule has 0 aliphatic heterocycles. The fraction of sp³-hybridized carbons (Fsp3) is 0.250. The quantitative estimate of drug-likeness (QED) is 0.593. The predicted octanol–water partition coefficient (Wildman–Crippen LogP) is 6.09. The Morgan fingerprint density at radius 2 is 1.58 bits per heavy atom. The summed E-state index contributed by atoms with van der Waals surface area (Å²) in [5.74, 6) is 0.206. The smallest absolute Gasteiger partial charge is 0.129 e. The maximum Gasteiger partial charge on any atom is 0.129 e. The van der Waals surface area contributed by atoms with Gasteiger partial charge in [-0.25, -0.2) is 4.39 Å². The number of hydrogen-bond acceptors (Lipinski definition) is 0. The van der Waals surface area contributed by atoms with Gasteiger partial charge in [-0.05, 0) is 29.2 Å². The summed E-state index contributed by atoms with van der Waals surface area (Å²) in [5.41, 5.74) is 2.91. The van der Waals surface area contributed by atoms with Crippen LogP contribution in [0.2, 0.25) is 5.02 Å². The van der Waals surface area contributed by atoms with Crippen molar-refractivity contribution in [3.05, 3.63) is 70.0 Å². The summed E-state index contributed by atoms with van der Waals surface area (Å²) in [6, 6.07) is 13.0. The molecule has 1 unspecified atom stereocenters. The number of halogens is 3. The lowest BCUT2D eigenvalue weighted by Gasteiger charge is -2.13. The van der Waals surface area contributed by atoms with Crippen LogP contribution >= 0.6 is 27.5 Å². The number of alkyl halides is 1. The minimum atomic E-state index is -0.290. The molecule has 3 heteroatoms. The SMILES string of the molecule is CC(C)c1ccc(C(Br)c2ccc(Cl)cc2F)cc1. The maximum absolute atomic E-state index is 13.9. The van der Waals surface area contributed by atoms with E-state index in [0.717, 1.165) is 5.56 Å². The molecule has 100 valence electrons. The molecule has 2 aromatic rings. The van der Waals surface area contributed by atoms with Gasteiger partial charge in [-0.3, -0.25) is 0 Å². The molecule has 0 amide bonds. The van der Waals surface area contributed by atoms with Crippen molar-refractivity contribution in [3.8, 4) is 0 Å². The molecule has 0 radical (unpaired) electrons. The zero-order chi connectivity index (χ0) is 14.0. The molecular formula is C16H15BrClF. The Kier molecular flexibility index (Phi) is 4.64. The molecule has 0 fully saturated rings. The lowest BCUT2D eigenvalue weighted by Crippen LogP contribution is -1.97. The number of rotatable bonds is 3. The first-order valence-corrected chi connectivity index (χ1v) is 7.47. The predicted molar refractivity (Wildman–Crippen MR) is 82.7 cm³/mol. The Bertz CT molecular complexity index is 563. The minimum absolute atomic E-state index is 0.161. The summed E-state index contributed by atoms with van der Waals surface area (Å²) in [5, 5.41) is 0.413. The summed E-state index contributed by atoms with van der Waals surface area (Å²) in [6.07, 6.45) is 0. The van der Waals surface area contributed by atoms with Crippen LogP contribution in [0.1, 0.15) is 41.3 Å². The van der Waals surface area contributed by atoms with E-state index in [9.17, 15) is 4.39 Å². The summed E-state index contributed by atoms with van der Waals surface area (Å²) in [7, 11) is 0. The van der Waals surface area contributed by atoms with Gasteiger partial charge in [0.15, 0.2) is 0 Å². The average Bonchev–Trinajstić information content (AvgIpc) is 2.38. The van der Waals surface area contributed by atoms with Crippen LogP contribution in [0.4, 0.5) is 4.39 Å². The molecule has 0 N–H and O–H groups in total. The molecule has 0 spiro atoms. The molecule has 0 aliphatic rings. The molecule has 0 aliphatic carbocycles. The van der Waals surface area contributed by atoms with Crippen molar-refractivity contribution in [3.63, 3.8) is 0 Å². The molecule has 0 aromatic heterocycles. The van der Waals surface area contributed by atoms with Crippen LogP contribution in [0.5, 0.6) is 0 Å². The van der Waals surface area contributed by atoms with E-state index in [1.54, 1.807) is 12.1 Å². The molecule has 19 heavy (non-hydrogen) atoms. The van der Waals surface area contributed by atoms with E-state index in [2.05, 4.69) is 41.9 Å². The topological polar surface area (TPSA) is 0 Å². The summed E-state index contributed by atoms with van der Waals surface area (Å²) in [4.78, 5) is -0.161. The van der Waals surface area contributed by atoms with E-state index < -0.39 is 0 Å². The standard InChI is InChI=1S/C16H15BrClF/c1-10(2)11-3-5-12(6-4-11)16(17)14-8-7-13(18)9-15(14)19/h3-10,16H,1-2H3. The third kappa shape index (κ3) is 3.37.